The minimum absolute atomic E-state index is 0.0575. The number of aromatic nitrogens is 1. The van der Waals surface area contributed by atoms with E-state index in [-0.39, 0.29) is 11.4 Å². The molecule has 24 heavy (non-hydrogen) atoms. The summed E-state index contributed by atoms with van der Waals surface area (Å²) in [5.74, 6) is -0.907. The van der Waals surface area contributed by atoms with Crippen molar-refractivity contribution in [2.45, 2.75) is 17.9 Å². The van der Waals surface area contributed by atoms with Crippen LogP contribution in [0.15, 0.2) is 53.6 Å². The fourth-order valence-corrected chi connectivity index (χ4v) is 2.77. The Balaban J connectivity index is 2.00. The van der Waals surface area contributed by atoms with Crippen LogP contribution in [0.2, 0.25) is 0 Å². The number of nitrogens with two attached hydrogens (primary N) is 1. The lowest BCUT2D eigenvalue weighted by Crippen LogP contribution is -2.31. The first-order chi connectivity index (χ1) is 11.3. The highest BCUT2D eigenvalue weighted by atomic mass is 32.2. The summed E-state index contributed by atoms with van der Waals surface area (Å²) < 4.78 is 22.5. The fraction of sp³-hybridized carbons (Fsp3) is 0.250. The number of rotatable bonds is 8. The number of primary sulfonamides is 1. The molecule has 0 aliphatic rings. The topological polar surface area (TPSA) is 114 Å². The fourth-order valence-electron chi connectivity index (χ4n) is 2.26. The number of hydrogen-bond donors (Lipinski definition) is 2. The Labute approximate surface area is 140 Å². The van der Waals surface area contributed by atoms with Crippen molar-refractivity contribution in [3.8, 4) is 0 Å². The average Bonchev–Trinajstić information content (AvgIpc) is 2.53. The highest BCUT2D eigenvalue weighted by Crippen LogP contribution is 2.10. The van der Waals surface area contributed by atoms with Crippen molar-refractivity contribution in [3.05, 3.63) is 59.9 Å². The van der Waals surface area contributed by atoms with Crippen LogP contribution in [0.4, 0.5) is 0 Å². The van der Waals surface area contributed by atoms with Crippen LogP contribution in [0.1, 0.15) is 11.3 Å². The van der Waals surface area contributed by atoms with E-state index in [1.807, 2.05) is 12.1 Å². The Morgan fingerprint density at radius 2 is 1.88 bits per heavy atom. The predicted molar refractivity (Wildman–Crippen MR) is 88.7 cm³/mol. The second-order valence-corrected chi connectivity index (χ2v) is 6.93. The van der Waals surface area contributed by atoms with Gasteiger partial charge in [-0.3, -0.25) is 14.7 Å². The summed E-state index contributed by atoms with van der Waals surface area (Å²) in [5.41, 5.74) is 1.70. The van der Waals surface area contributed by atoms with Gasteiger partial charge in [0.1, 0.15) is 0 Å². The van der Waals surface area contributed by atoms with E-state index < -0.39 is 16.0 Å². The van der Waals surface area contributed by atoms with E-state index in [0.717, 1.165) is 11.3 Å². The standard InChI is InChI=1S/C16H19N3O4S/c17-24(22,23)15-6-4-13(5-7-15)8-10-19(12-16(20)21)11-14-3-1-2-9-18-14/h1-7,9H,8,10-12H2,(H,20,21)(H2,17,22,23). The third kappa shape index (κ3) is 5.73. The maximum Gasteiger partial charge on any atom is 0.317 e. The van der Waals surface area contributed by atoms with E-state index in [9.17, 15) is 13.2 Å². The summed E-state index contributed by atoms with van der Waals surface area (Å²) in [6.45, 7) is 0.853. The predicted octanol–water partition coefficient (Wildman–Crippen LogP) is 0.858. The molecule has 0 amide bonds. The van der Waals surface area contributed by atoms with E-state index >= 15 is 0 Å². The van der Waals surface area contributed by atoms with Gasteiger partial charge in [0.25, 0.3) is 0 Å². The van der Waals surface area contributed by atoms with Crippen LogP contribution in [0, 0.1) is 0 Å². The van der Waals surface area contributed by atoms with Crippen molar-refractivity contribution < 1.29 is 18.3 Å². The van der Waals surface area contributed by atoms with Gasteiger partial charge in [-0.15, -0.1) is 0 Å². The van der Waals surface area contributed by atoms with Crippen LogP contribution in [-0.4, -0.2) is 42.5 Å². The maximum atomic E-state index is 11.2. The third-order valence-electron chi connectivity index (χ3n) is 3.44. The molecular formula is C16H19N3O4S. The highest BCUT2D eigenvalue weighted by Gasteiger charge is 2.12. The molecule has 0 atom stereocenters. The third-order valence-corrected chi connectivity index (χ3v) is 4.37. The molecular weight excluding hydrogens is 330 g/mol. The van der Waals surface area contributed by atoms with Crippen molar-refractivity contribution in [2.75, 3.05) is 13.1 Å². The molecule has 2 rings (SSSR count). The largest absolute Gasteiger partial charge is 0.480 e. The van der Waals surface area contributed by atoms with Gasteiger partial charge in [-0.2, -0.15) is 0 Å². The number of aliphatic carboxylic acids is 1. The molecule has 3 N–H and O–H groups in total. The Morgan fingerprint density at radius 3 is 2.42 bits per heavy atom. The zero-order valence-electron chi connectivity index (χ0n) is 13.0. The van der Waals surface area contributed by atoms with E-state index in [0.29, 0.717) is 19.5 Å². The van der Waals surface area contributed by atoms with Crippen LogP contribution >= 0.6 is 0 Å². The zero-order valence-corrected chi connectivity index (χ0v) is 13.8. The molecule has 0 unspecified atom stereocenters. The molecule has 1 aromatic carbocycles. The Morgan fingerprint density at radius 1 is 1.17 bits per heavy atom. The Kier molecular flexibility index (Phi) is 6.02. The quantitative estimate of drug-likeness (QED) is 0.731. The minimum Gasteiger partial charge on any atom is -0.480 e. The van der Waals surface area contributed by atoms with Gasteiger partial charge in [0.15, 0.2) is 0 Å². The number of carboxylic acid groups (broad SMARTS) is 1. The van der Waals surface area contributed by atoms with Crippen LogP contribution in [0.25, 0.3) is 0 Å². The van der Waals surface area contributed by atoms with Crippen molar-refractivity contribution in [3.63, 3.8) is 0 Å². The van der Waals surface area contributed by atoms with Crippen molar-refractivity contribution in [1.82, 2.24) is 9.88 Å². The lowest BCUT2D eigenvalue weighted by atomic mass is 10.1. The monoisotopic (exact) mass is 349 g/mol. The molecule has 0 aliphatic heterocycles. The second kappa shape index (κ2) is 8.00. The van der Waals surface area contributed by atoms with Gasteiger partial charge in [0, 0.05) is 19.3 Å². The minimum atomic E-state index is -3.70. The first-order valence-corrected chi connectivity index (χ1v) is 8.85. The van der Waals surface area contributed by atoms with Crippen LogP contribution in [-0.2, 0) is 27.8 Å². The first kappa shape index (κ1) is 18.1. The first-order valence-electron chi connectivity index (χ1n) is 7.30. The van der Waals surface area contributed by atoms with Gasteiger partial charge in [0.05, 0.1) is 17.1 Å². The Hall–Kier alpha value is -2.29. The number of benzene rings is 1. The molecule has 0 radical (unpaired) electrons. The summed E-state index contributed by atoms with van der Waals surface area (Å²) in [4.78, 5) is 17.1. The average molecular weight is 349 g/mol. The van der Waals surface area contributed by atoms with E-state index in [4.69, 9.17) is 10.2 Å². The van der Waals surface area contributed by atoms with Gasteiger partial charge >= 0.3 is 5.97 Å². The molecule has 2 aromatic rings. The molecule has 0 fully saturated rings. The van der Waals surface area contributed by atoms with Gasteiger partial charge in [-0.25, -0.2) is 13.6 Å². The molecule has 1 aromatic heterocycles. The van der Waals surface area contributed by atoms with Crippen molar-refractivity contribution in [1.29, 1.82) is 0 Å². The highest BCUT2D eigenvalue weighted by molar-refractivity contribution is 7.89. The SMILES string of the molecule is NS(=O)(=O)c1ccc(CCN(CC(=O)O)Cc2ccccn2)cc1. The van der Waals surface area contributed by atoms with Gasteiger partial charge in [-0.1, -0.05) is 18.2 Å². The molecule has 0 saturated heterocycles. The van der Waals surface area contributed by atoms with Crippen molar-refractivity contribution in [2.24, 2.45) is 5.14 Å². The van der Waals surface area contributed by atoms with Gasteiger partial charge < -0.3 is 5.11 Å². The van der Waals surface area contributed by atoms with Crippen LogP contribution in [0.5, 0.6) is 0 Å². The smallest absolute Gasteiger partial charge is 0.317 e. The van der Waals surface area contributed by atoms with Crippen LogP contribution < -0.4 is 5.14 Å². The van der Waals surface area contributed by atoms with Crippen LogP contribution in [0.3, 0.4) is 0 Å². The Bertz CT molecular complexity index is 777. The molecule has 0 saturated carbocycles. The normalized spacial score (nSPS) is 11.6. The van der Waals surface area contributed by atoms with E-state index in [2.05, 4.69) is 4.98 Å². The number of sulfonamides is 1. The molecule has 0 bridgehead atoms. The number of nitrogens with zero attached hydrogens (tertiary/aromatic N) is 2. The number of pyridine rings is 1. The summed E-state index contributed by atoms with van der Waals surface area (Å²) in [7, 11) is -3.70. The molecule has 8 heteroatoms. The molecule has 7 nitrogen and oxygen atoms in total. The summed E-state index contributed by atoms with van der Waals surface area (Å²) in [6, 6.07) is 11.8. The van der Waals surface area contributed by atoms with E-state index in [1.165, 1.54) is 12.1 Å². The second-order valence-electron chi connectivity index (χ2n) is 5.36. The summed E-state index contributed by atoms with van der Waals surface area (Å²) in [6.07, 6.45) is 2.26. The van der Waals surface area contributed by atoms with Crippen molar-refractivity contribution >= 4 is 16.0 Å². The van der Waals surface area contributed by atoms with Gasteiger partial charge in [-0.05, 0) is 36.2 Å². The maximum absolute atomic E-state index is 11.2. The number of hydrogen-bond acceptors (Lipinski definition) is 5. The molecule has 0 spiro atoms. The lowest BCUT2D eigenvalue weighted by molar-refractivity contribution is -0.138. The molecule has 128 valence electrons. The van der Waals surface area contributed by atoms with E-state index in [1.54, 1.807) is 29.3 Å². The number of carbonyl (C=O) groups is 1. The number of carboxylic acids is 1. The molecule has 0 aliphatic carbocycles. The van der Waals surface area contributed by atoms with Gasteiger partial charge in [0.2, 0.25) is 10.0 Å². The lowest BCUT2D eigenvalue weighted by Gasteiger charge is -2.19. The summed E-state index contributed by atoms with van der Waals surface area (Å²) in [5, 5.41) is 14.1. The summed E-state index contributed by atoms with van der Waals surface area (Å²) >= 11 is 0. The molecule has 1 heterocycles. The zero-order chi connectivity index (χ0) is 17.6.